The van der Waals surface area contributed by atoms with E-state index in [-0.39, 0.29) is 5.82 Å². The standard InChI is InChI=1S/C20H13ClFN7S/c1-28-18(12-6-8-13(21)9-7-12)24-26-20(28)30-17-11-10-16-23-25-19(29(16)27-17)14-4-2-3-5-15(14)22/h2-11H,1H3. The maximum Gasteiger partial charge on any atom is 0.197 e. The van der Waals surface area contributed by atoms with E-state index in [1.54, 1.807) is 24.3 Å². The molecule has 0 aliphatic carbocycles. The Hall–Kier alpha value is -3.30. The molecule has 3 heterocycles. The topological polar surface area (TPSA) is 73.8 Å². The van der Waals surface area contributed by atoms with Crippen LogP contribution in [0.25, 0.3) is 28.4 Å². The van der Waals surface area contributed by atoms with Crippen LogP contribution in [-0.4, -0.2) is 34.6 Å². The van der Waals surface area contributed by atoms with Gasteiger partial charge in [-0.05, 0) is 60.3 Å². The van der Waals surface area contributed by atoms with E-state index in [1.165, 1.54) is 22.3 Å². The lowest BCUT2D eigenvalue weighted by molar-refractivity contribution is 0.629. The molecule has 3 aromatic heterocycles. The summed E-state index contributed by atoms with van der Waals surface area (Å²) in [6.07, 6.45) is 0. The van der Waals surface area contributed by atoms with E-state index in [4.69, 9.17) is 11.6 Å². The second-order valence-corrected chi connectivity index (χ2v) is 7.84. The molecule has 0 spiro atoms. The van der Waals surface area contributed by atoms with Gasteiger partial charge in [0.25, 0.3) is 0 Å². The van der Waals surface area contributed by atoms with E-state index >= 15 is 0 Å². The first-order valence-corrected chi connectivity index (χ1v) is 10.1. The van der Waals surface area contributed by atoms with Gasteiger partial charge in [0.1, 0.15) is 10.8 Å². The molecule has 0 atom stereocenters. The Balaban J connectivity index is 1.50. The second kappa shape index (κ2) is 7.51. The average molecular weight is 438 g/mol. The first kappa shape index (κ1) is 18.7. The molecule has 0 fully saturated rings. The third-order valence-corrected chi connectivity index (χ3v) is 5.70. The summed E-state index contributed by atoms with van der Waals surface area (Å²) in [7, 11) is 1.88. The molecule has 5 aromatic rings. The van der Waals surface area contributed by atoms with Crippen molar-refractivity contribution in [1.82, 2.24) is 34.6 Å². The van der Waals surface area contributed by atoms with Crippen LogP contribution >= 0.6 is 23.4 Å². The van der Waals surface area contributed by atoms with E-state index in [1.807, 2.05) is 41.9 Å². The number of hydrogen-bond donors (Lipinski definition) is 0. The normalized spacial score (nSPS) is 11.3. The minimum Gasteiger partial charge on any atom is -0.305 e. The van der Waals surface area contributed by atoms with Crippen molar-refractivity contribution in [3.63, 3.8) is 0 Å². The van der Waals surface area contributed by atoms with Crippen LogP contribution in [0.4, 0.5) is 4.39 Å². The summed E-state index contributed by atoms with van der Waals surface area (Å²) in [4.78, 5) is 0. The molecule has 0 saturated heterocycles. The van der Waals surface area contributed by atoms with E-state index < -0.39 is 0 Å². The molecule has 0 radical (unpaired) electrons. The van der Waals surface area contributed by atoms with Gasteiger partial charge in [-0.2, -0.15) is 9.61 Å². The Morgan fingerprint density at radius 3 is 2.43 bits per heavy atom. The quantitative estimate of drug-likeness (QED) is 0.411. The van der Waals surface area contributed by atoms with E-state index in [2.05, 4.69) is 25.5 Å². The lowest BCUT2D eigenvalue weighted by Crippen LogP contribution is -1.99. The van der Waals surface area contributed by atoms with E-state index in [9.17, 15) is 4.39 Å². The van der Waals surface area contributed by atoms with Crippen LogP contribution in [0.15, 0.2) is 70.8 Å². The maximum absolute atomic E-state index is 14.2. The minimum atomic E-state index is -0.382. The van der Waals surface area contributed by atoms with Gasteiger partial charge < -0.3 is 4.57 Å². The lowest BCUT2D eigenvalue weighted by atomic mass is 10.2. The monoisotopic (exact) mass is 437 g/mol. The predicted molar refractivity (Wildman–Crippen MR) is 112 cm³/mol. The highest BCUT2D eigenvalue weighted by atomic mass is 35.5. The Bertz CT molecular complexity index is 1360. The number of halogens is 2. The van der Waals surface area contributed by atoms with Gasteiger partial charge in [0, 0.05) is 17.6 Å². The van der Waals surface area contributed by atoms with Crippen LogP contribution in [0.1, 0.15) is 0 Å². The SMILES string of the molecule is Cn1c(Sc2ccc3nnc(-c4ccccc4F)n3n2)nnc1-c1ccc(Cl)cc1. The number of aromatic nitrogens is 7. The third-order valence-electron chi connectivity index (χ3n) is 4.49. The fourth-order valence-electron chi connectivity index (χ4n) is 2.98. The highest BCUT2D eigenvalue weighted by Crippen LogP contribution is 2.29. The number of hydrogen-bond acceptors (Lipinski definition) is 6. The van der Waals surface area contributed by atoms with Crippen LogP contribution in [0.2, 0.25) is 5.02 Å². The van der Waals surface area contributed by atoms with Crippen molar-refractivity contribution in [2.24, 2.45) is 7.05 Å². The fraction of sp³-hybridized carbons (Fsp3) is 0.0500. The highest BCUT2D eigenvalue weighted by molar-refractivity contribution is 7.99. The molecule has 0 aliphatic rings. The number of fused-ring (bicyclic) bond motifs is 1. The Kier molecular flexibility index (Phi) is 4.68. The zero-order chi connectivity index (χ0) is 20.7. The fourth-order valence-corrected chi connectivity index (χ4v) is 3.86. The second-order valence-electron chi connectivity index (χ2n) is 6.42. The van der Waals surface area contributed by atoms with Gasteiger partial charge in [0.05, 0.1) is 5.56 Å². The molecule has 148 valence electrons. The van der Waals surface area contributed by atoms with Crippen molar-refractivity contribution in [3.8, 4) is 22.8 Å². The van der Waals surface area contributed by atoms with Crippen molar-refractivity contribution in [1.29, 1.82) is 0 Å². The van der Waals surface area contributed by atoms with E-state index in [0.717, 1.165) is 5.56 Å². The first-order chi connectivity index (χ1) is 14.6. The minimum absolute atomic E-state index is 0.336. The molecular formula is C20H13ClFN7S. The summed E-state index contributed by atoms with van der Waals surface area (Å²) >= 11 is 7.31. The van der Waals surface area contributed by atoms with Gasteiger partial charge in [-0.1, -0.05) is 23.7 Å². The number of benzene rings is 2. The molecule has 0 aliphatic heterocycles. The lowest BCUT2D eigenvalue weighted by Gasteiger charge is -2.05. The van der Waals surface area contributed by atoms with Crippen LogP contribution in [-0.2, 0) is 7.05 Å². The van der Waals surface area contributed by atoms with Gasteiger partial charge in [-0.25, -0.2) is 4.39 Å². The van der Waals surface area contributed by atoms with Crippen LogP contribution in [0.5, 0.6) is 0 Å². The summed E-state index contributed by atoms with van der Waals surface area (Å²) in [5.41, 5.74) is 1.77. The number of rotatable bonds is 4. The van der Waals surface area contributed by atoms with Crippen molar-refractivity contribution in [2.45, 2.75) is 10.2 Å². The Morgan fingerprint density at radius 2 is 1.63 bits per heavy atom. The Labute approximate surface area is 179 Å². The molecule has 7 nitrogen and oxygen atoms in total. The van der Waals surface area contributed by atoms with Crippen molar-refractivity contribution < 1.29 is 4.39 Å². The van der Waals surface area contributed by atoms with Gasteiger partial charge in [0.2, 0.25) is 0 Å². The van der Waals surface area contributed by atoms with Gasteiger partial charge in [-0.3, -0.25) is 0 Å². The largest absolute Gasteiger partial charge is 0.305 e. The molecule has 5 rings (SSSR count). The van der Waals surface area contributed by atoms with E-state index in [0.29, 0.717) is 38.1 Å². The highest BCUT2D eigenvalue weighted by Gasteiger charge is 2.16. The molecular weight excluding hydrogens is 425 g/mol. The average Bonchev–Trinajstić information content (AvgIpc) is 3.33. The maximum atomic E-state index is 14.2. The Morgan fingerprint density at radius 1 is 0.867 bits per heavy atom. The smallest absolute Gasteiger partial charge is 0.197 e. The van der Waals surface area contributed by atoms with Gasteiger partial charge >= 0.3 is 0 Å². The molecule has 2 aromatic carbocycles. The van der Waals surface area contributed by atoms with Crippen molar-refractivity contribution >= 4 is 29.0 Å². The third kappa shape index (κ3) is 3.31. The first-order valence-electron chi connectivity index (χ1n) is 8.91. The number of nitrogens with zero attached hydrogens (tertiary/aromatic N) is 7. The van der Waals surface area contributed by atoms with Crippen LogP contribution < -0.4 is 0 Å². The molecule has 0 amide bonds. The summed E-state index contributed by atoms with van der Waals surface area (Å²) in [5, 5.41) is 23.3. The summed E-state index contributed by atoms with van der Waals surface area (Å²) in [5.74, 6) is 0.671. The summed E-state index contributed by atoms with van der Waals surface area (Å²) < 4.78 is 17.6. The molecule has 0 bridgehead atoms. The zero-order valence-corrected chi connectivity index (χ0v) is 17.1. The van der Waals surface area contributed by atoms with Crippen molar-refractivity contribution in [3.05, 3.63) is 71.5 Å². The van der Waals surface area contributed by atoms with Crippen LogP contribution in [0, 0.1) is 5.82 Å². The molecule has 10 heteroatoms. The molecule has 30 heavy (non-hydrogen) atoms. The predicted octanol–water partition coefficient (Wildman–Crippen LogP) is 4.53. The molecule has 0 saturated carbocycles. The van der Waals surface area contributed by atoms with Gasteiger partial charge in [0.15, 0.2) is 22.5 Å². The molecule has 0 N–H and O–H groups in total. The van der Waals surface area contributed by atoms with Crippen LogP contribution in [0.3, 0.4) is 0 Å². The molecule has 0 unspecified atom stereocenters. The van der Waals surface area contributed by atoms with Crippen molar-refractivity contribution in [2.75, 3.05) is 0 Å². The zero-order valence-electron chi connectivity index (χ0n) is 15.6. The summed E-state index contributed by atoms with van der Waals surface area (Å²) in [6, 6.07) is 17.4. The van der Waals surface area contributed by atoms with Gasteiger partial charge in [-0.15, -0.1) is 20.4 Å². The summed E-state index contributed by atoms with van der Waals surface area (Å²) in [6.45, 7) is 0.